The van der Waals surface area contributed by atoms with Crippen LogP contribution in [0.15, 0.2) is 47.7 Å². The highest BCUT2D eigenvalue weighted by Crippen LogP contribution is 2.49. The zero-order chi connectivity index (χ0) is 22.6. The van der Waals surface area contributed by atoms with Gasteiger partial charge in [-0.05, 0) is 56.0 Å². The Labute approximate surface area is 190 Å². The van der Waals surface area contributed by atoms with Gasteiger partial charge in [0.1, 0.15) is 11.9 Å². The fourth-order valence-corrected chi connectivity index (χ4v) is 5.21. The number of nitrogens with zero attached hydrogens (tertiary/aromatic N) is 2. The number of hydrogen-bond donors (Lipinski definition) is 1. The third-order valence-corrected chi connectivity index (χ3v) is 6.82. The number of halogens is 1. The first-order chi connectivity index (χ1) is 15.4. The van der Waals surface area contributed by atoms with Gasteiger partial charge in [0.25, 0.3) is 5.91 Å². The number of rotatable bonds is 3. The van der Waals surface area contributed by atoms with Crippen LogP contribution >= 0.6 is 11.6 Å². The molecule has 0 bridgehead atoms. The Morgan fingerprint density at radius 2 is 2.03 bits per heavy atom. The highest BCUT2D eigenvalue weighted by molar-refractivity contribution is 6.21. The average molecular weight is 455 g/mol. The molecule has 32 heavy (non-hydrogen) atoms. The maximum atomic E-state index is 13.7. The first-order valence-electron chi connectivity index (χ1n) is 10.6. The van der Waals surface area contributed by atoms with Gasteiger partial charge in [-0.2, -0.15) is 0 Å². The minimum Gasteiger partial charge on any atom is -0.504 e. The van der Waals surface area contributed by atoms with E-state index in [4.69, 9.17) is 21.1 Å². The fourth-order valence-electron chi connectivity index (χ4n) is 4.89. The van der Waals surface area contributed by atoms with Crippen molar-refractivity contribution in [3.8, 4) is 11.5 Å². The van der Waals surface area contributed by atoms with Crippen LogP contribution in [0.4, 0.5) is 5.82 Å². The van der Waals surface area contributed by atoms with Crippen LogP contribution in [0.5, 0.6) is 11.5 Å². The van der Waals surface area contributed by atoms with E-state index in [1.807, 2.05) is 19.1 Å². The monoisotopic (exact) mass is 454 g/mol. The van der Waals surface area contributed by atoms with Gasteiger partial charge in [-0.25, -0.2) is 4.98 Å². The summed E-state index contributed by atoms with van der Waals surface area (Å²) in [5.41, 5.74) is 1.68. The van der Waals surface area contributed by atoms with E-state index in [1.165, 1.54) is 18.1 Å². The lowest BCUT2D eigenvalue weighted by atomic mass is 9.77. The van der Waals surface area contributed by atoms with Crippen LogP contribution in [0.1, 0.15) is 36.6 Å². The Morgan fingerprint density at radius 1 is 1.22 bits per heavy atom. The molecule has 1 saturated carbocycles. The number of Topliss-reactive ketones (excluding diaryl/α,β-unsaturated/α-hetero) is 1. The van der Waals surface area contributed by atoms with Crippen molar-refractivity contribution in [2.24, 2.45) is 5.92 Å². The molecule has 166 valence electrons. The predicted octanol–water partition coefficient (Wildman–Crippen LogP) is 3.82. The molecule has 1 amide bonds. The number of methoxy groups -OCH3 is 1. The summed E-state index contributed by atoms with van der Waals surface area (Å²) in [5.74, 6) is -0.150. The normalized spacial score (nSPS) is 27.2. The van der Waals surface area contributed by atoms with Crippen LogP contribution in [0.2, 0.25) is 0 Å². The van der Waals surface area contributed by atoms with Gasteiger partial charge >= 0.3 is 0 Å². The van der Waals surface area contributed by atoms with Crippen molar-refractivity contribution in [1.82, 2.24) is 4.98 Å². The summed E-state index contributed by atoms with van der Waals surface area (Å²) in [6.07, 6.45) is 1.55. The highest BCUT2D eigenvalue weighted by Gasteiger charge is 2.53. The fraction of sp³-hybridized carbons (Fsp3) is 0.375. The van der Waals surface area contributed by atoms with Crippen molar-refractivity contribution in [2.45, 2.75) is 43.7 Å². The second-order valence-electron chi connectivity index (χ2n) is 8.43. The van der Waals surface area contributed by atoms with Gasteiger partial charge in [0.15, 0.2) is 23.0 Å². The number of alkyl halides is 1. The number of pyridine rings is 1. The zero-order valence-corrected chi connectivity index (χ0v) is 18.5. The number of aromatic nitrogens is 1. The second kappa shape index (κ2) is 7.81. The van der Waals surface area contributed by atoms with Crippen LogP contribution < -0.4 is 9.64 Å². The molecule has 1 aromatic heterocycles. The van der Waals surface area contributed by atoms with Crippen LogP contribution in [0, 0.1) is 12.8 Å². The van der Waals surface area contributed by atoms with E-state index in [1.54, 1.807) is 18.2 Å². The molecule has 7 nitrogen and oxygen atoms in total. The summed E-state index contributed by atoms with van der Waals surface area (Å²) in [6.45, 7) is 1.84. The summed E-state index contributed by atoms with van der Waals surface area (Å²) < 4.78 is 11.4. The summed E-state index contributed by atoms with van der Waals surface area (Å²) in [7, 11) is 1.45. The molecule has 2 aromatic rings. The molecule has 1 fully saturated rings. The predicted molar refractivity (Wildman–Crippen MR) is 118 cm³/mol. The van der Waals surface area contributed by atoms with Crippen molar-refractivity contribution < 1.29 is 24.2 Å². The Hall–Kier alpha value is -3.06. The number of ether oxygens (including phenoxy) is 2. The van der Waals surface area contributed by atoms with Gasteiger partial charge in [0, 0.05) is 11.1 Å². The number of amides is 1. The van der Waals surface area contributed by atoms with Gasteiger partial charge in [-0.1, -0.05) is 12.1 Å². The van der Waals surface area contributed by atoms with E-state index in [2.05, 4.69) is 4.98 Å². The lowest BCUT2D eigenvalue weighted by Gasteiger charge is -2.37. The molecule has 1 aromatic carbocycles. The molecule has 8 heteroatoms. The molecular weight excluding hydrogens is 432 g/mol. The number of ketones is 1. The Morgan fingerprint density at radius 3 is 2.78 bits per heavy atom. The van der Waals surface area contributed by atoms with Crippen molar-refractivity contribution >= 4 is 29.1 Å². The third kappa shape index (κ3) is 3.23. The number of hydrogen-bond acceptors (Lipinski definition) is 6. The Bertz CT molecular complexity index is 1150. The molecule has 5 rings (SSSR count). The molecule has 3 heterocycles. The van der Waals surface area contributed by atoms with Gasteiger partial charge < -0.3 is 14.6 Å². The van der Waals surface area contributed by atoms with Crippen LogP contribution in [0.25, 0.3) is 0 Å². The van der Waals surface area contributed by atoms with Gasteiger partial charge in [0.05, 0.1) is 24.6 Å². The summed E-state index contributed by atoms with van der Waals surface area (Å²) in [5, 5.41) is 9.99. The number of carbonyl (C=O) groups excluding carboxylic acids is 2. The number of anilines is 1. The lowest BCUT2D eigenvalue weighted by molar-refractivity contribution is -0.131. The molecule has 4 unspecified atom stereocenters. The van der Waals surface area contributed by atoms with Gasteiger partial charge in [-0.3, -0.25) is 14.5 Å². The van der Waals surface area contributed by atoms with Gasteiger partial charge in [0.2, 0.25) is 0 Å². The lowest BCUT2D eigenvalue weighted by Crippen LogP contribution is -2.41. The standard InChI is InChI=1S/C24H23ClN2O5/c1-12-4-3-5-19(26-12)27-21(13-6-8-16(28)18(10-13)31-2)20-22(29)15-11-14(25)7-9-17(15)32-23(20)24(27)30/h3-6,8,10,14-15,17,21,28H,7,9,11H2,1-2H3. The van der Waals surface area contributed by atoms with Crippen molar-refractivity contribution in [3.63, 3.8) is 0 Å². The number of phenols is 1. The van der Waals surface area contributed by atoms with E-state index in [0.29, 0.717) is 29.8 Å². The Kier molecular flexibility index (Phi) is 5.08. The highest BCUT2D eigenvalue weighted by atomic mass is 35.5. The maximum absolute atomic E-state index is 13.7. The number of benzene rings is 1. The molecule has 2 aliphatic heterocycles. The average Bonchev–Trinajstić information content (AvgIpc) is 3.07. The quantitative estimate of drug-likeness (QED) is 0.709. The SMILES string of the molecule is COc1cc(C2C3=C(OC4CCC(Cl)CC4C3=O)C(=O)N2c2cccc(C)n2)ccc1O. The Balaban J connectivity index is 1.67. The maximum Gasteiger partial charge on any atom is 0.295 e. The smallest absolute Gasteiger partial charge is 0.295 e. The largest absolute Gasteiger partial charge is 0.504 e. The number of aromatic hydroxyl groups is 1. The molecule has 1 N–H and O–H groups in total. The van der Waals surface area contributed by atoms with E-state index >= 15 is 0 Å². The molecule has 1 aliphatic carbocycles. The first kappa shape index (κ1) is 20.8. The van der Waals surface area contributed by atoms with E-state index in [-0.39, 0.29) is 40.4 Å². The number of phenolic OH excluding ortho intramolecular Hbond substituents is 1. The van der Waals surface area contributed by atoms with Crippen molar-refractivity contribution in [1.29, 1.82) is 0 Å². The molecule has 3 aliphatic rings. The van der Waals surface area contributed by atoms with Crippen LogP contribution in [0.3, 0.4) is 0 Å². The zero-order valence-electron chi connectivity index (χ0n) is 17.7. The van der Waals surface area contributed by atoms with E-state index in [0.717, 1.165) is 12.1 Å². The number of carbonyl (C=O) groups is 2. The molecular formula is C24H23ClN2O5. The van der Waals surface area contributed by atoms with Crippen LogP contribution in [-0.4, -0.2) is 40.4 Å². The molecule has 0 spiro atoms. The topological polar surface area (TPSA) is 89.0 Å². The summed E-state index contributed by atoms with van der Waals surface area (Å²) in [6, 6.07) is 9.45. The number of fused-ring (bicyclic) bond motifs is 1. The minimum absolute atomic E-state index is 0.0291. The van der Waals surface area contributed by atoms with Crippen molar-refractivity contribution in [2.75, 3.05) is 12.0 Å². The third-order valence-electron chi connectivity index (χ3n) is 6.42. The molecule has 4 atom stereocenters. The minimum atomic E-state index is -0.745. The number of aryl methyl sites for hydroxylation is 1. The van der Waals surface area contributed by atoms with E-state index < -0.39 is 11.9 Å². The first-order valence-corrected chi connectivity index (χ1v) is 11.1. The van der Waals surface area contributed by atoms with E-state index in [9.17, 15) is 14.7 Å². The second-order valence-corrected chi connectivity index (χ2v) is 9.04. The van der Waals surface area contributed by atoms with Gasteiger partial charge in [-0.15, -0.1) is 11.6 Å². The molecule has 0 radical (unpaired) electrons. The summed E-state index contributed by atoms with van der Waals surface area (Å²) >= 11 is 6.37. The van der Waals surface area contributed by atoms with Crippen LogP contribution in [-0.2, 0) is 14.3 Å². The molecule has 0 saturated heterocycles. The summed E-state index contributed by atoms with van der Waals surface area (Å²) in [4.78, 5) is 33.3. The van der Waals surface area contributed by atoms with Crippen molar-refractivity contribution in [3.05, 3.63) is 59.0 Å².